The SMILES string of the molecule is CC(C)C(=O)NC(=S)Nc1ccc(Br)cc1C(=O)O. The Morgan fingerprint density at radius 1 is 1.37 bits per heavy atom. The number of nitrogens with one attached hydrogen (secondary N) is 2. The van der Waals surface area contributed by atoms with Crippen molar-refractivity contribution < 1.29 is 14.7 Å². The Kier molecular flexibility index (Phi) is 5.44. The summed E-state index contributed by atoms with van der Waals surface area (Å²) in [4.78, 5) is 22.5. The summed E-state index contributed by atoms with van der Waals surface area (Å²) in [6.07, 6.45) is 0. The first-order valence-electron chi connectivity index (χ1n) is 5.46. The van der Waals surface area contributed by atoms with Crippen LogP contribution in [0.25, 0.3) is 0 Å². The predicted octanol–water partition coefficient (Wildman–Crippen LogP) is 2.62. The summed E-state index contributed by atoms with van der Waals surface area (Å²) in [5.74, 6) is -1.52. The lowest BCUT2D eigenvalue weighted by Crippen LogP contribution is -2.37. The lowest BCUT2D eigenvalue weighted by Gasteiger charge is -2.13. The van der Waals surface area contributed by atoms with Crippen LogP contribution in [0.15, 0.2) is 22.7 Å². The number of carboxylic acids is 1. The van der Waals surface area contributed by atoms with Gasteiger partial charge in [0.1, 0.15) is 0 Å². The Morgan fingerprint density at radius 3 is 2.53 bits per heavy atom. The van der Waals surface area contributed by atoms with Crippen molar-refractivity contribution >= 4 is 50.8 Å². The molecule has 0 saturated carbocycles. The number of amides is 1. The Labute approximate surface area is 124 Å². The molecule has 0 aliphatic heterocycles. The Morgan fingerprint density at radius 2 is 2.00 bits per heavy atom. The molecule has 1 rings (SSSR count). The molecule has 1 amide bonds. The van der Waals surface area contributed by atoms with Gasteiger partial charge in [0, 0.05) is 10.4 Å². The highest BCUT2D eigenvalue weighted by atomic mass is 79.9. The molecule has 0 bridgehead atoms. The van der Waals surface area contributed by atoms with E-state index in [0.717, 1.165) is 0 Å². The number of rotatable bonds is 3. The number of carbonyl (C=O) groups excluding carboxylic acids is 1. The molecule has 0 aliphatic rings. The number of halogens is 1. The Balaban J connectivity index is 2.85. The third-order valence-corrected chi connectivity index (χ3v) is 2.92. The first-order valence-corrected chi connectivity index (χ1v) is 6.66. The number of aromatic carboxylic acids is 1. The lowest BCUT2D eigenvalue weighted by molar-refractivity contribution is -0.122. The number of anilines is 1. The number of benzene rings is 1. The van der Waals surface area contributed by atoms with Gasteiger partial charge in [0.25, 0.3) is 0 Å². The van der Waals surface area contributed by atoms with Crippen LogP contribution in [0.3, 0.4) is 0 Å². The number of thiocarbonyl (C=S) groups is 1. The lowest BCUT2D eigenvalue weighted by atomic mass is 10.2. The minimum absolute atomic E-state index is 0.0653. The van der Waals surface area contributed by atoms with E-state index in [1.54, 1.807) is 26.0 Å². The molecule has 0 spiro atoms. The van der Waals surface area contributed by atoms with Crippen LogP contribution in [-0.2, 0) is 4.79 Å². The summed E-state index contributed by atoms with van der Waals surface area (Å²) in [5.41, 5.74) is 0.389. The minimum atomic E-state index is -1.08. The molecule has 7 heteroatoms. The van der Waals surface area contributed by atoms with E-state index in [4.69, 9.17) is 17.3 Å². The van der Waals surface area contributed by atoms with Crippen molar-refractivity contribution in [3.8, 4) is 0 Å². The molecular weight excluding hydrogens is 332 g/mol. The molecule has 19 heavy (non-hydrogen) atoms. The Bertz CT molecular complexity index is 532. The van der Waals surface area contributed by atoms with Gasteiger partial charge in [0.15, 0.2) is 5.11 Å². The molecule has 0 heterocycles. The molecule has 5 nitrogen and oxygen atoms in total. The van der Waals surface area contributed by atoms with Crippen molar-refractivity contribution in [2.75, 3.05) is 5.32 Å². The van der Waals surface area contributed by atoms with Crippen molar-refractivity contribution in [2.24, 2.45) is 5.92 Å². The number of carbonyl (C=O) groups is 2. The fraction of sp³-hybridized carbons (Fsp3) is 0.250. The number of hydrogen-bond acceptors (Lipinski definition) is 3. The second kappa shape index (κ2) is 6.63. The van der Waals surface area contributed by atoms with Crippen molar-refractivity contribution in [3.63, 3.8) is 0 Å². The van der Waals surface area contributed by atoms with Crippen LogP contribution >= 0.6 is 28.1 Å². The van der Waals surface area contributed by atoms with E-state index in [1.807, 2.05) is 0 Å². The van der Waals surface area contributed by atoms with E-state index in [1.165, 1.54) is 6.07 Å². The molecule has 1 aromatic rings. The minimum Gasteiger partial charge on any atom is -0.478 e. The quantitative estimate of drug-likeness (QED) is 0.734. The van der Waals surface area contributed by atoms with E-state index in [-0.39, 0.29) is 22.5 Å². The molecule has 102 valence electrons. The average molecular weight is 345 g/mol. The van der Waals surface area contributed by atoms with Crippen molar-refractivity contribution in [1.29, 1.82) is 0 Å². The molecule has 0 aromatic heterocycles. The van der Waals surface area contributed by atoms with Crippen molar-refractivity contribution in [2.45, 2.75) is 13.8 Å². The first-order chi connectivity index (χ1) is 8.81. The maximum Gasteiger partial charge on any atom is 0.337 e. The van der Waals surface area contributed by atoms with Crippen molar-refractivity contribution in [3.05, 3.63) is 28.2 Å². The largest absolute Gasteiger partial charge is 0.478 e. The summed E-state index contributed by atoms with van der Waals surface area (Å²) >= 11 is 8.16. The molecule has 0 unspecified atom stereocenters. The van der Waals surface area contributed by atoms with Crippen LogP contribution in [0.1, 0.15) is 24.2 Å². The second-order valence-electron chi connectivity index (χ2n) is 4.09. The highest BCUT2D eigenvalue weighted by Crippen LogP contribution is 2.21. The van der Waals surface area contributed by atoms with Gasteiger partial charge in [-0.1, -0.05) is 29.8 Å². The van der Waals surface area contributed by atoms with Gasteiger partial charge in [0.05, 0.1) is 11.3 Å². The molecule has 3 N–H and O–H groups in total. The molecule has 1 aromatic carbocycles. The number of carboxylic acid groups (broad SMARTS) is 1. The van der Waals surface area contributed by atoms with Crippen LogP contribution in [-0.4, -0.2) is 22.1 Å². The van der Waals surface area contributed by atoms with Gasteiger partial charge in [-0.2, -0.15) is 0 Å². The van der Waals surface area contributed by atoms with E-state index in [0.29, 0.717) is 10.2 Å². The van der Waals surface area contributed by atoms with Crippen LogP contribution in [0.4, 0.5) is 5.69 Å². The average Bonchev–Trinajstić information content (AvgIpc) is 2.30. The fourth-order valence-corrected chi connectivity index (χ4v) is 1.78. The molecule has 0 fully saturated rings. The second-order valence-corrected chi connectivity index (χ2v) is 5.42. The van der Waals surface area contributed by atoms with Crippen molar-refractivity contribution in [1.82, 2.24) is 5.32 Å². The summed E-state index contributed by atoms with van der Waals surface area (Å²) in [5, 5.41) is 14.3. The van der Waals surface area contributed by atoms with E-state index >= 15 is 0 Å². The van der Waals surface area contributed by atoms with E-state index in [2.05, 4.69) is 26.6 Å². The van der Waals surface area contributed by atoms with Crippen LogP contribution < -0.4 is 10.6 Å². The van der Waals surface area contributed by atoms with Gasteiger partial charge in [0.2, 0.25) is 5.91 Å². The van der Waals surface area contributed by atoms with Gasteiger partial charge in [-0.15, -0.1) is 0 Å². The zero-order chi connectivity index (χ0) is 14.6. The zero-order valence-electron chi connectivity index (χ0n) is 10.4. The fourth-order valence-electron chi connectivity index (χ4n) is 1.21. The van der Waals surface area contributed by atoms with Gasteiger partial charge in [-0.3, -0.25) is 4.79 Å². The van der Waals surface area contributed by atoms with Crippen LogP contribution in [0.2, 0.25) is 0 Å². The highest BCUT2D eigenvalue weighted by Gasteiger charge is 2.13. The van der Waals surface area contributed by atoms with Gasteiger partial charge < -0.3 is 15.7 Å². The van der Waals surface area contributed by atoms with Gasteiger partial charge >= 0.3 is 5.97 Å². The van der Waals surface area contributed by atoms with E-state index < -0.39 is 5.97 Å². The third kappa shape index (κ3) is 4.60. The van der Waals surface area contributed by atoms with E-state index in [9.17, 15) is 9.59 Å². The predicted molar refractivity (Wildman–Crippen MR) is 80.3 cm³/mol. The Hall–Kier alpha value is -1.47. The molecule has 0 atom stereocenters. The summed E-state index contributed by atoms with van der Waals surface area (Å²) in [6, 6.07) is 4.71. The molecule has 0 aliphatic carbocycles. The molecular formula is C12H13BrN2O3S. The maximum absolute atomic E-state index is 11.5. The third-order valence-electron chi connectivity index (χ3n) is 2.22. The zero-order valence-corrected chi connectivity index (χ0v) is 12.8. The van der Waals surface area contributed by atoms with Crippen LogP contribution in [0.5, 0.6) is 0 Å². The molecule has 0 saturated heterocycles. The monoisotopic (exact) mass is 344 g/mol. The number of hydrogen-bond donors (Lipinski definition) is 3. The molecule has 0 radical (unpaired) electrons. The first kappa shape index (κ1) is 15.6. The summed E-state index contributed by atoms with van der Waals surface area (Å²) in [6.45, 7) is 3.47. The smallest absolute Gasteiger partial charge is 0.337 e. The summed E-state index contributed by atoms with van der Waals surface area (Å²) < 4.78 is 0.646. The maximum atomic E-state index is 11.5. The topological polar surface area (TPSA) is 78.4 Å². The normalized spacial score (nSPS) is 10.1. The highest BCUT2D eigenvalue weighted by molar-refractivity contribution is 9.10. The standard InChI is InChI=1S/C12H13BrN2O3S/c1-6(2)10(16)15-12(19)14-9-4-3-7(13)5-8(9)11(17)18/h3-6H,1-2H3,(H,17,18)(H2,14,15,16,19). The van der Waals surface area contributed by atoms with Crippen LogP contribution in [0, 0.1) is 5.92 Å². The van der Waals surface area contributed by atoms with Gasteiger partial charge in [-0.05, 0) is 30.4 Å². The van der Waals surface area contributed by atoms with Gasteiger partial charge in [-0.25, -0.2) is 4.79 Å². The summed E-state index contributed by atoms with van der Waals surface area (Å²) in [7, 11) is 0.